The topological polar surface area (TPSA) is 46.2 Å². The molecule has 116 valence electrons. The summed E-state index contributed by atoms with van der Waals surface area (Å²) in [5.41, 5.74) is 0.266. The van der Waals surface area contributed by atoms with Gasteiger partial charge in [-0.2, -0.15) is 4.72 Å². The van der Waals surface area contributed by atoms with E-state index in [1.807, 2.05) is 26.0 Å². The Labute approximate surface area is 129 Å². The summed E-state index contributed by atoms with van der Waals surface area (Å²) < 4.78 is 27.6. The smallest absolute Gasteiger partial charge is 0.207 e. The molecule has 0 atom stereocenters. The Kier molecular flexibility index (Phi) is 5.25. The molecule has 1 N–H and O–H groups in total. The largest absolute Gasteiger partial charge is 0.241 e. The van der Waals surface area contributed by atoms with Gasteiger partial charge in [0.05, 0.1) is 10.4 Å². The molecule has 1 aromatic carbocycles. The monoisotopic (exact) mass is 307 g/mol. The first-order chi connectivity index (χ1) is 9.60. The zero-order valence-corrected chi connectivity index (χ0v) is 14.3. The van der Waals surface area contributed by atoms with E-state index in [1.54, 1.807) is 12.1 Å². The predicted octanol–water partition coefficient (Wildman–Crippen LogP) is 3.45. The van der Waals surface area contributed by atoms with Gasteiger partial charge in [-0.05, 0) is 36.0 Å². The Bertz CT molecular complexity index is 612. The average molecular weight is 307 g/mol. The van der Waals surface area contributed by atoms with Crippen molar-refractivity contribution in [2.75, 3.05) is 0 Å². The van der Waals surface area contributed by atoms with Crippen molar-refractivity contribution in [1.29, 1.82) is 0 Å². The van der Waals surface area contributed by atoms with Gasteiger partial charge < -0.3 is 0 Å². The number of benzene rings is 1. The molecule has 1 rings (SSSR count). The maximum absolute atomic E-state index is 12.5. The van der Waals surface area contributed by atoms with Crippen molar-refractivity contribution < 1.29 is 8.42 Å². The molecular formula is C17H25NO2S. The van der Waals surface area contributed by atoms with E-state index in [-0.39, 0.29) is 10.3 Å². The molecule has 0 saturated heterocycles. The van der Waals surface area contributed by atoms with Gasteiger partial charge in [0.25, 0.3) is 0 Å². The molecule has 0 aliphatic carbocycles. The zero-order chi connectivity index (χ0) is 16.3. The van der Waals surface area contributed by atoms with Crippen LogP contribution in [0, 0.1) is 12.3 Å². The Morgan fingerprint density at radius 3 is 1.90 bits per heavy atom. The van der Waals surface area contributed by atoms with Crippen LogP contribution < -0.4 is 4.72 Å². The summed E-state index contributed by atoms with van der Waals surface area (Å²) in [5, 5.41) is 0. The molecule has 0 bridgehead atoms. The third kappa shape index (κ3) is 4.09. The van der Waals surface area contributed by atoms with Crippen LogP contribution in [0.1, 0.15) is 53.0 Å². The van der Waals surface area contributed by atoms with Crippen LogP contribution >= 0.6 is 0 Å². The van der Waals surface area contributed by atoms with Crippen LogP contribution in [0.2, 0.25) is 0 Å². The predicted molar refractivity (Wildman–Crippen MR) is 87.6 cm³/mol. The minimum Gasteiger partial charge on any atom is -0.207 e. The molecule has 21 heavy (non-hydrogen) atoms. The molecule has 0 fully saturated rings. The Balaban J connectivity index is 3.13. The molecule has 4 heteroatoms. The Hall–Kier alpha value is -1.31. The van der Waals surface area contributed by atoms with Crippen molar-refractivity contribution in [1.82, 2.24) is 4.72 Å². The number of nitrogens with one attached hydrogen (secondary N) is 1. The number of sulfonamides is 1. The van der Waals surface area contributed by atoms with Gasteiger partial charge in [-0.1, -0.05) is 52.7 Å². The quantitative estimate of drug-likeness (QED) is 0.847. The first-order valence-corrected chi connectivity index (χ1v) is 8.71. The second kappa shape index (κ2) is 6.21. The second-order valence-corrected chi connectivity index (χ2v) is 8.00. The molecule has 0 amide bonds. The average Bonchev–Trinajstić information content (AvgIpc) is 2.44. The number of hydrogen-bond donors (Lipinski definition) is 1. The van der Waals surface area contributed by atoms with Gasteiger partial charge in [0.2, 0.25) is 10.0 Å². The molecular weight excluding hydrogens is 282 g/mol. The van der Waals surface area contributed by atoms with Crippen LogP contribution in [0.25, 0.3) is 0 Å². The van der Waals surface area contributed by atoms with E-state index < -0.39 is 15.6 Å². The molecule has 0 heterocycles. The van der Waals surface area contributed by atoms with Gasteiger partial charge in [-0.3, -0.25) is 0 Å². The molecule has 0 aliphatic rings. The van der Waals surface area contributed by atoms with Gasteiger partial charge in [-0.15, -0.1) is 6.42 Å². The number of rotatable bonds is 5. The summed E-state index contributed by atoms with van der Waals surface area (Å²) >= 11 is 0. The highest BCUT2D eigenvalue weighted by Gasteiger charge is 2.30. The zero-order valence-electron chi connectivity index (χ0n) is 13.5. The normalized spacial score (nSPS) is 13.0. The third-order valence-corrected chi connectivity index (χ3v) is 5.40. The van der Waals surface area contributed by atoms with Crippen LogP contribution in [0.4, 0.5) is 0 Å². The molecule has 0 unspecified atom stereocenters. The summed E-state index contributed by atoms with van der Waals surface area (Å²) in [4.78, 5) is 0.247. The van der Waals surface area contributed by atoms with Crippen LogP contribution in [-0.4, -0.2) is 14.0 Å². The summed E-state index contributed by atoms with van der Waals surface area (Å²) in [6.45, 7) is 10.0. The molecule has 0 spiro atoms. The first kappa shape index (κ1) is 17.7. The minimum atomic E-state index is -3.61. The molecule has 0 radical (unpaired) electrons. The lowest BCUT2D eigenvalue weighted by Crippen LogP contribution is -2.46. The molecule has 3 nitrogen and oxygen atoms in total. The van der Waals surface area contributed by atoms with E-state index in [0.717, 1.165) is 5.56 Å². The van der Waals surface area contributed by atoms with Crippen molar-refractivity contribution in [3.05, 3.63) is 29.8 Å². The molecule has 0 aromatic heterocycles. The van der Waals surface area contributed by atoms with Gasteiger partial charge in [0.15, 0.2) is 0 Å². The highest BCUT2D eigenvalue weighted by atomic mass is 32.2. The third-order valence-electron chi connectivity index (χ3n) is 3.84. The lowest BCUT2D eigenvalue weighted by molar-refractivity contribution is 0.451. The van der Waals surface area contributed by atoms with Crippen molar-refractivity contribution in [3.63, 3.8) is 0 Å². The van der Waals surface area contributed by atoms with Crippen LogP contribution in [0.3, 0.4) is 0 Å². The maximum atomic E-state index is 12.5. The fourth-order valence-corrected chi connectivity index (χ4v) is 3.55. The first-order valence-electron chi connectivity index (χ1n) is 7.22. The standard InChI is InChI=1S/C17H25NO2S/c1-7-17(8-2,9-3)18-21(19,20)15-12-10-14(11-13-15)16(4,5)6/h1,10-13,18H,8-9H2,2-6H3. The van der Waals surface area contributed by atoms with E-state index in [9.17, 15) is 8.42 Å². The SMILES string of the molecule is C#CC(CC)(CC)NS(=O)(=O)c1ccc(C(C)(C)C)cc1. The molecule has 0 aliphatic heterocycles. The van der Waals surface area contributed by atoms with Crippen molar-refractivity contribution >= 4 is 10.0 Å². The minimum absolute atomic E-state index is 0.00880. The molecule has 0 saturated carbocycles. The van der Waals surface area contributed by atoms with E-state index in [1.165, 1.54) is 0 Å². The fourth-order valence-electron chi connectivity index (χ4n) is 2.08. The summed E-state index contributed by atoms with van der Waals surface area (Å²) in [5.74, 6) is 2.59. The van der Waals surface area contributed by atoms with Crippen molar-refractivity contribution in [2.45, 2.75) is 63.3 Å². The Morgan fingerprint density at radius 2 is 1.57 bits per heavy atom. The maximum Gasteiger partial charge on any atom is 0.241 e. The van der Waals surface area contributed by atoms with Crippen molar-refractivity contribution in [2.24, 2.45) is 0 Å². The van der Waals surface area contributed by atoms with Crippen LogP contribution in [0.5, 0.6) is 0 Å². The van der Waals surface area contributed by atoms with E-state index in [2.05, 4.69) is 31.4 Å². The Morgan fingerprint density at radius 1 is 1.10 bits per heavy atom. The van der Waals surface area contributed by atoms with Gasteiger partial charge in [-0.25, -0.2) is 8.42 Å². The van der Waals surface area contributed by atoms with E-state index in [0.29, 0.717) is 12.8 Å². The van der Waals surface area contributed by atoms with E-state index in [4.69, 9.17) is 6.42 Å². The van der Waals surface area contributed by atoms with Crippen LogP contribution in [0.15, 0.2) is 29.2 Å². The van der Waals surface area contributed by atoms with E-state index >= 15 is 0 Å². The lowest BCUT2D eigenvalue weighted by Gasteiger charge is -2.27. The number of terminal acetylenes is 1. The highest BCUT2D eigenvalue weighted by Crippen LogP contribution is 2.24. The highest BCUT2D eigenvalue weighted by molar-refractivity contribution is 7.89. The summed E-state index contributed by atoms with van der Waals surface area (Å²) in [6.07, 6.45) is 6.63. The fraction of sp³-hybridized carbons (Fsp3) is 0.529. The van der Waals surface area contributed by atoms with Gasteiger partial charge in [0.1, 0.15) is 0 Å². The second-order valence-electron chi connectivity index (χ2n) is 6.31. The lowest BCUT2D eigenvalue weighted by atomic mass is 9.87. The van der Waals surface area contributed by atoms with Crippen molar-refractivity contribution in [3.8, 4) is 12.3 Å². The molecule has 1 aromatic rings. The summed E-state index contributed by atoms with van der Waals surface area (Å²) in [6, 6.07) is 6.97. The van der Waals surface area contributed by atoms with Crippen LogP contribution in [-0.2, 0) is 15.4 Å². The number of hydrogen-bond acceptors (Lipinski definition) is 2. The summed E-state index contributed by atoms with van der Waals surface area (Å²) in [7, 11) is -3.61. The van der Waals surface area contributed by atoms with Gasteiger partial charge >= 0.3 is 0 Å². The van der Waals surface area contributed by atoms with Gasteiger partial charge in [0, 0.05) is 0 Å².